The molecule has 272 valence electrons. The molecule has 4 aromatic rings. The Morgan fingerprint density at radius 1 is 0.712 bits per heavy atom. The van der Waals surface area contributed by atoms with Crippen molar-refractivity contribution in [2.45, 2.75) is 129 Å². The summed E-state index contributed by atoms with van der Waals surface area (Å²) in [7, 11) is -2.57. The molecule has 0 saturated carbocycles. The van der Waals surface area contributed by atoms with Crippen LogP contribution < -0.4 is 0 Å². The van der Waals surface area contributed by atoms with E-state index in [0.29, 0.717) is 0 Å². The van der Waals surface area contributed by atoms with Crippen LogP contribution in [0.3, 0.4) is 0 Å². The second kappa shape index (κ2) is 19.7. The fourth-order valence-corrected chi connectivity index (χ4v) is 13.8. The summed E-state index contributed by atoms with van der Waals surface area (Å²) in [6.45, 7) is 24.6. The topological polar surface area (TPSA) is 0 Å². The van der Waals surface area contributed by atoms with Crippen molar-refractivity contribution in [2.75, 3.05) is 0 Å². The van der Waals surface area contributed by atoms with Crippen LogP contribution in [0.25, 0.3) is 11.1 Å². The monoisotopic (exact) mass is 798 g/mol. The van der Waals surface area contributed by atoms with Crippen LogP contribution in [0, 0.1) is 26.0 Å². The summed E-state index contributed by atoms with van der Waals surface area (Å²) in [5.74, 6) is 0. The van der Waals surface area contributed by atoms with E-state index in [1.165, 1.54) is 70.2 Å². The van der Waals surface area contributed by atoms with Crippen molar-refractivity contribution in [2.24, 2.45) is 0 Å². The molecule has 0 amide bonds. The summed E-state index contributed by atoms with van der Waals surface area (Å²) < 4.78 is 1.60. The quantitative estimate of drug-likeness (QED) is 0.0871. The van der Waals surface area contributed by atoms with Crippen molar-refractivity contribution >= 4 is 19.4 Å². The van der Waals surface area contributed by atoms with Crippen molar-refractivity contribution in [3.8, 4) is 11.1 Å². The second-order valence-corrected chi connectivity index (χ2v) is 29.7. The van der Waals surface area contributed by atoms with E-state index >= 15 is 0 Å². The average Bonchev–Trinajstić information content (AvgIpc) is 3.78. The van der Waals surface area contributed by atoms with E-state index in [1.807, 2.05) is 12.2 Å². The molecular formula is C49H64Si2Zr. The average molecular weight is 800 g/mol. The molecule has 2 unspecified atom stereocenters. The third kappa shape index (κ3) is 12.0. The zero-order chi connectivity index (χ0) is 37.9. The van der Waals surface area contributed by atoms with Crippen LogP contribution in [0.5, 0.6) is 0 Å². The number of hydrogen-bond acceptors (Lipinski definition) is 0. The van der Waals surface area contributed by atoms with Crippen molar-refractivity contribution in [1.29, 1.82) is 0 Å². The fourth-order valence-electron chi connectivity index (χ4n) is 7.98. The van der Waals surface area contributed by atoms with Gasteiger partial charge in [0.1, 0.15) is 0 Å². The Kier molecular flexibility index (Phi) is 16.1. The maximum atomic E-state index is 3.87. The first kappa shape index (κ1) is 42.3. The normalized spacial score (nSPS) is 14.1. The summed E-state index contributed by atoms with van der Waals surface area (Å²) in [5, 5.41) is 0. The van der Waals surface area contributed by atoms with Crippen molar-refractivity contribution in [3.63, 3.8) is 0 Å². The van der Waals surface area contributed by atoms with Crippen LogP contribution in [0.1, 0.15) is 102 Å². The SMILES string of the molecule is CCCC(c1cc2c([c-]c1C)Cc1cc(C)c(C(CCC)[Si](C)(C)C)cc1-2)[Si](C)(C)C.[C-]1=CC=CC1.[Zr+2]=[C](Cc1ccccc1)Cc1ccccc1. The molecule has 0 heterocycles. The van der Waals surface area contributed by atoms with E-state index in [-0.39, 0.29) is 0 Å². The molecule has 2 aliphatic carbocycles. The molecule has 0 aliphatic heterocycles. The molecule has 0 N–H and O–H groups in total. The van der Waals surface area contributed by atoms with Crippen molar-refractivity contribution in [1.82, 2.24) is 0 Å². The summed E-state index contributed by atoms with van der Waals surface area (Å²) in [6.07, 6.45) is 18.5. The van der Waals surface area contributed by atoms with Crippen LogP contribution >= 0.6 is 0 Å². The minimum atomic E-state index is -1.29. The Labute approximate surface area is 335 Å². The summed E-state index contributed by atoms with van der Waals surface area (Å²) in [5.41, 5.74) is 16.4. The van der Waals surface area contributed by atoms with E-state index in [2.05, 4.69) is 164 Å². The summed E-state index contributed by atoms with van der Waals surface area (Å²) in [4.78, 5) is 0. The van der Waals surface area contributed by atoms with Crippen LogP contribution in [0.4, 0.5) is 0 Å². The molecule has 6 rings (SSSR count). The Morgan fingerprint density at radius 3 is 1.67 bits per heavy atom. The molecule has 0 saturated heterocycles. The maximum absolute atomic E-state index is 3.87. The molecule has 0 nitrogen and oxygen atoms in total. The molecule has 2 aliphatic rings. The molecule has 3 heteroatoms. The van der Waals surface area contributed by atoms with E-state index < -0.39 is 16.1 Å². The van der Waals surface area contributed by atoms with Crippen LogP contribution in [0.15, 0.2) is 97.1 Å². The van der Waals surface area contributed by atoms with Crippen LogP contribution in [-0.4, -0.2) is 19.4 Å². The molecule has 52 heavy (non-hydrogen) atoms. The molecule has 0 aromatic heterocycles. The zero-order valence-corrected chi connectivity index (χ0v) is 38.5. The predicted octanol–water partition coefficient (Wildman–Crippen LogP) is 13.7. The van der Waals surface area contributed by atoms with Gasteiger partial charge in [-0.2, -0.15) is 29.3 Å². The van der Waals surface area contributed by atoms with Gasteiger partial charge in [0.15, 0.2) is 0 Å². The summed E-state index contributed by atoms with van der Waals surface area (Å²) in [6, 6.07) is 33.0. The van der Waals surface area contributed by atoms with Gasteiger partial charge in [-0.25, -0.2) is 12.2 Å². The van der Waals surface area contributed by atoms with Gasteiger partial charge in [0, 0.05) is 8.07 Å². The van der Waals surface area contributed by atoms with Gasteiger partial charge in [-0.15, -0.1) is 17.5 Å². The van der Waals surface area contributed by atoms with Gasteiger partial charge in [-0.05, 0) is 42.0 Å². The number of rotatable bonds is 12. The van der Waals surface area contributed by atoms with E-state index in [0.717, 1.165) is 36.8 Å². The van der Waals surface area contributed by atoms with Gasteiger partial charge in [0.25, 0.3) is 0 Å². The number of benzene rings is 4. The Bertz CT molecular complexity index is 1670. The van der Waals surface area contributed by atoms with Crippen molar-refractivity contribution < 1.29 is 24.2 Å². The summed E-state index contributed by atoms with van der Waals surface area (Å²) >= 11 is 1.55. The van der Waals surface area contributed by atoms with E-state index in [1.54, 1.807) is 38.6 Å². The van der Waals surface area contributed by atoms with Gasteiger partial charge in [-0.1, -0.05) is 103 Å². The van der Waals surface area contributed by atoms with E-state index in [9.17, 15) is 0 Å². The number of allylic oxidation sites excluding steroid dienone is 4. The standard InChI is InChI=1S/C29H45Si2.C15H14.C5H5.Zr/c1-11-13-28(30(5,6)7)24-18-26-22(15-20(24)3)17-23-16-21(4)25(19-27(23)26)29(14-12-2)31(8,9)10;1-3-8-14(9-4-1)12-7-13-15-10-5-2-6-11-15;1-2-4-5-3-1;/h15,18-19,28-29H,11-14,17H2,1-10H3;1-6,8-11H,12-13H2;1-3H,4H2;/q-1;;-1;+2. The van der Waals surface area contributed by atoms with E-state index in [4.69, 9.17) is 0 Å². The molecule has 0 spiro atoms. The number of fused-ring (bicyclic) bond motifs is 3. The Morgan fingerprint density at radius 2 is 1.23 bits per heavy atom. The number of hydrogen-bond donors (Lipinski definition) is 0. The third-order valence-corrected chi connectivity index (χ3v) is 16.9. The Hall–Kier alpha value is -2.45. The van der Waals surface area contributed by atoms with Gasteiger partial charge < -0.3 is 0 Å². The van der Waals surface area contributed by atoms with Gasteiger partial charge in [0.05, 0.1) is 8.07 Å². The molecular weight excluding hydrogens is 736 g/mol. The van der Waals surface area contributed by atoms with Crippen molar-refractivity contribution in [3.05, 3.63) is 154 Å². The zero-order valence-electron chi connectivity index (χ0n) is 34.0. The first-order valence-electron chi connectivity index (χ1n) is 19.8. The molecule has 0 radical (unpaired) electrons. The predicted molar refractivity (Wildman–Crippen MR) is 232 cm³/mol. The van der Waals surface area contributed by atoms with Crippen LogP contribution in [0.2, 0.25) is 39.3 Å². The first-order valence-corrected chi connectivity index (χ1v) is 28.2. The van der Waals surface area contributed by atoms with Gasteiger partial charge in [-0.3, -0.25) is 6.08 Å². The van der Waals surface area contributed by atoms with Crippen LogP contribution in [-0.2, 0) is 43.5 Å². The Balaban J connectivity index is 0.000000237. The number of aryl methyl sites for hydroxylation is 2. The molecule has 2 atom stereocenters. The molecule has 4 aromatic carbocycles. The third-order valence-electron chi connectivity index (χ3n) is 10.6. The molecule has 0 bridgehead atoms. The van der Waals surface area contributed by atoms with Gasteiger partial charge >= 0.3 is 112 Å². The minimum absolute atomic E-state index is 0.725. The first-order chi connectivity index (χ1) is 24.7. The fraction of sp³-hybridized carbons (Fsp3) is 0.408. The molecule has 0 fully saturated rings. The van der Waals surface area contributed by atoms with Gasteiger partial charge in [0.2, 0.25) is 0 Å². The second-order valence-electron chi connectivity index (χ2n) is 17.1.